The van der Waals surface area contributed by atoms with Crippen molar-refractivity contribution in [1.82, 2.24) is 0 Å². The third-order valence-corrected chi connectivity index (χ3v) is 7.10. The summed E-state index contributed by atoms with van der Waals surface area (Å²) in [7, 11) is 0. The molecule has 28 heavy (non-hydrogen) atoms. The molecule has 0 amide bonds. The summed E-state index contributed by atoms with van der Waals surface area (Å²) < 4.78 is 12.9. The molecular weight excluding hydrogens is 343 g/mol. The van der Waals surface area contributed by atoms with Gasteiger partial charge in [-0.1, -0.05) is 63.4 Å². The van der Waals surface area contributed by atoms with Crippen LogP contribution < -0.4 is 0 Å². The molecule has 2 aliphatic rings. The first kappa shape index (κ1) is 21.2. The molecule has 1 aromatic carbocycles. The summed E-state index contributed by atoms with van der Waals surface area (Å²) in [5, 5.41) is 0. The minimum atomic E-state index is -0.206. The van der Waals surface area contributed by atoms with Crippen LogP contribution in [0.25, 0.3) is 0 Å². The molecule has 1 heteroatoms. The van der Waals surface area contributed by atoms with Gasteiger partial charge in [-0.2, -0.15) is 0 Å². The van der Waals surface area contributed by atoms with Crippen molar-refractivity contribution in [3.8, 4) is 11.8 Å². The Balaban J connectivity index is 1.35. The van der Waals surface area contributed by atoms with Crippen molar-refractivity contribution in [1.29, 1.82) is 0 Å². The lowest BCUT2D eigenvalue weighted by Gasteiger charge is -2.37. The minimum absolute atomic E-state index is 0.206. The van der Waals surface area contributed by atoms with Gasteiger partial charge in [0.2, 0.25) is 0 Å². The maximum absolute atomic E-state index is 12.9. The number of rotatable bonds is 6. The standard InChI is InChI=1S/C27H37F/c1-2-3-4-7-22-10-16-25(17-11-22)26-18-12-23(13-19-26)8-5-6-9-24-14-20-27(28)21-15-24/h5,8,14-15,20-23,25-26H,2-4,7,10-13,16-19H2,1H3/t22-,23?,25-,26?. The Labute approximate surface area is 172 Å². The lowest BCUT2D eigenvalue weighted by atomic mass is 9.68. The maximum Gasteiger partial charge on any atom is 0.123 e. The molecule has 0 atom stereocenters. The second-order valence-corrected chi connectivity index (χ2v) is 9.09. The van der Waals surface area contributed by atoms with Crippen molar-refractivity contribution in [2.75, 3.05) is 0 Å². The molecule has 152 valence electrons. The zero-order valence-electron chi connectivity index (χ0n) is 17.6. The summed E-state index contributed by atoms with van der Waals surface area (Å²) in [4.78, 5) is 0. The van der Waals surface area contributed by atoms with Gasteiger partial charge in [0.05, 0.1) is 0 Å². The highest BCUT2D eigenvalue weighted by atomic mass is 19.1. The van der Waals surface area contributed by atoms with Gasteiger partial charge in [-0.15, -0.1) is 0 Å². The third-order valence-electron chi connectivity index (χ3n) is 7.10. The molecule has 2 fully saturated rings. The van der Waals surface area contributed by atoms with Gasteiger partial charge in [0.25, 0.3) is 0 Å². The van der Waals surface area contributed by atoms with E-state index >= 15 is 0 Å². The van der Waals surface area contributed by atoms with Crippen LogP contribution in [0.5, 0.6) is 0 Å². The van der Waals surface area contributed by atoms with Crippen LogP contribution >= 0.6 is 0 Å². The summed E-state index contributed by atoms with van der Waals surface area (Å²) >= 11 is 0. The number of allylic oxidation sites excluding steroid dienone is 2. The monoisotopic (exact) mass is 380 g/mol. The van der Waals surface area contributed by atoms with E-state index in [1.165, 1.54) is 89.2 Å². The van der Waals surface area contributed by atoms with Gasteiger partial charge in [-0.3, -0.25) is 0 Å². The zero-order valence-corrected chi connectivity index (χ0v) is 17.6. The first-order chi connectivity index (χ1) is 13.7. The van der Waals surface area contributed by atoms with Crippen LogP contribution in [0.2, 0.25) is 0 Å². The van der Waals surface area contributed by atoms with Crippen LogP contribution in [0, 0.1) is 41.3 Å². The Hall–Kier alpha value is -1.55. The predicted molar refractivity (Wildman–Crippen MR) is 117 cm³/mol. The van der Waals surface area contributed by atoms with Crippen LogP contribution in [0.15, 0.2) is 36.4 Å². The average molecular weight is 381 g/mol. The number of hydrogen-bond donors (Lipinski definition) is 0. The van der Waals surface area contributed by atoms with Crippen LogP contribution in [0.3, 0.4) is 0 Å². The Morgan fingerprint density at radius 1 is 0.893 bits per heavy atom. The Kier molecular flexibility index (Phi) is 8.66. The second-order valence-electron chi connectivity index (χ2n) is 9.09. The van der Waals surface area contributed by atoms with E-state index in [9.17, 15) is 4.39 Å². The van der Waals surface area contributed by atoms with Gasteiger partial charge in [-0.05, 0) is 92.5 Å². The fourth-order valence-electron chi connectivity index (χ4n) is 5.28. The Bertz CT molecular complexity index is 644. The quantitative estimate of drug-likeness (QED) is 0.347. The molecule has 2 saturated carbocycles. The molecule has 0 spiro atoms. The highest BCUT2D eigenvalue weighted by molar-refractivity contribution is 5.36. The largest absolute Gasteiger partial charge is 0.207 e. The van der Waals surface area contributed by atoms with E-state index < -0.39 is 0 Å². The Morgan fingerprint density at radius 3 is 2.18 bits per heavy atom. The molecule has 0 unspecified atom stereocenters. The summed E-state index contributed by atoms with van der Waals surface area (Å²) in [6, 6.07) is 6.40. The fraction of sp³-hybridized carbons (Fsp3) is 0.630. The summed E-state index contributed by atoms with van der Waals surface area (Å²) in [5.41, 5.74) is 0.875. The maximum atomic E-state index is 12.9. The molecule has 0 aliphatic heterocycles. The first-order valence-electron chi connectivity index (χ1n) is 11.7. The number of hydrogen-bond acceptors (Lipinski definition) is 0. The van der Waals surface area contributed by atoms with Crippen molar-refractivity contribution < 1.29 is 4.39 Å². The van der Waals surface area contributed by atoms with Crippen LogP contribution in [-0.4, -0.2) is 0 Å². The normalized spacial score (nSPS) is 28.1. The summed E-state index contributed by atoms with van der Waals surface area (Å²) in [6.45, 7) is 2.31. The average Bonchev–Trinajstić information content (AvgIpc) is 2.74. The number of unbranched alkanes of at least 4 members (excludes halogenated alkanes) is 2. The molecular formula is C27H37F. The summed E-state index contributed by atoms with van der Waals surface area (Å²) in [6.07, 6.45) is 21.5. The van der Waals surface area contributed by atoms with Gasteiger partial charge in [-0.25, -0.2) is 4.39 Å². The lowest BCUT2D eigenvalue weighted by molar-refractivity contribution is 0.151. The van der Waals surface area contributed by atoms with Gasteiger partial charge in [0, 0.05) is 5.56 Å². The summed E-state index contributed by atoms with van der Waals surface area (Å²) in [5.74, 6) is 9.71. The van der Waals surface area contributed by atoms with Gasteiger partial charge in [0.15, 0.2) is 0 Å². The van der Waals surface area contributed by atoms with Crippen molar-refractivity contribution >= 4 is 0 Å². The van der Waals surface area contributed by atoms with E-state index in [1.54, 1.807) is 12.1 Å². The Morgan fingerprint density at radius 2 is 1.54 bits per heavy atom. The fourth-order valence-corrected chi connectivity index (χ4v) is 5.28. The zero-order chi connectivity index (χ0) is 19.6. The highest BCUT2D eigenvalue weighted by Gasteiger charge is 2.30. The number of halogens is 1. The molecule has 0 bridgehead atoms. The molecule has 3 rings (SSSR count). The lowest BCUT2D eigenvalue weighted by Crippen LogP contribution is -2.25. The topological polar surface area (TPSA) is 0 Å². The van der Waals surface area contributed by atoms with E-state index in [0.717, 1.165) is 23.3 Å². The van der Waals surface area contributed by atoms with Gasteiger partial charge < -0.3 is 0 Å². The SMILES string of the molecule is CCCCC[C@H]1CC[C@H](C2CCC(C=CC#Cc3ccc(F)cc3)CC2)CC1. The molecule has 0 aromatic heterocycles. The smallest absolute Gasteiger partial charge is 0.123 e. The number of benzene rings is 1. The molecule has 0 heterocycles. The van der Waals surface area contributed by atoms with Crippen LogP contribution in [0.1, 0.15) is 89.5 Å². The van der Waals surface area contributed by atoms with E-state index in [1.807, 2.05) is 6.08 Å². The highest BCUT2D eigenvalue weighted by Crippen LogP contribution is 2.42. The van der Waals surface area contributed by atoms with Crippen molar-refractivity contribution in [3.63, 3.8) is 0 Å². The molecule has 0 N–H and O–H groups in total. The second kappa shape index (κ2) is 11.5. The molecule has 0 radical (unpaired) electrons. The third kappa shape index (κ3) is 6.80. The molecule has 1 aromatic rings. The van der Waals surface area contributed by atoms with Crippen molar-refractivity contribution in [3.05, 3.63) is 47.8 Å². The van der Waals surface area contributed by atoms with Gasteiger partial charge in [0.1, 0.15) is 5.82 Å². The molecule has 0 nitrogen and oxygen atoms in total. The first-order valence-corrected chi connectivity index (χ1v) is 11.7. The van der Waals surface area contributed by atoms with E-state index in [2.05, 4.69) is 24.8 Å². The molecule has 2 aliphatic carbocycles. The van der Waals surface area contributed by atoms with Crippen LogP contribution in [0.4, 0.5) is 4.39 Å². The predicted octanol–water partition coefficient (Wildman–Crippen LogP) is 7.93. The molecule has 0 saturated heterocycles. The van der Waals surface area contributed by atoms with Gasteiger partial charge >= 0.3 is 0 Å². The van der Waals surface area contributed by atoms with Crippen LogP contribution in [-0.2, 0) is 0 Å². The van der Waals surface area contributed by atoms with Crippen molar-refractivity contribution in [2.24, 2.45) is 23.7 Å². The van der Waals surface area contributed by atoms with E-state index in [0.29, 0.717) is 5.92 Å². The minimum Gasteiger partial charge on any atom is -0.207 e. The van der Waals surface area contributed by atoms with E-state index in [4.69, 9.17) is 0 Å². The van der Waals surface area contributed by atoms with E-state index in [-0.39, 0.29) is 5.82 Å². The van der Waals surface area contributed by atoms with Crippen molar-refractivity contribution in [2.45, 2.75) is 84.0 Å².